The molecule has 0 unspecified atom stereocenters. The number of fused-ring (bicyclic) bond motifs is 1. The molecule has 34 heavy (non-hydrogen) atoms. The first kappa shape index (κ1) is 24.1. The van der Waals surface area contributed by atoms with Gasteiger partial charge in [-0.2, -0.15) is 0 Å². The van der Waals surface area contributed by atoms with Crippen molar-refractivity contribution in [1.82, 2.24) is 15.3 Å². The lowest BCUT2D eigenvalue weighted by Crippen LogP contribution is -2.23. The minimum atomic E-state index is 0.0597. The van der Waals surface area contributed by atoms with Crippen LogP contribution in [0.15, 0.2) is 48.3 Å². The number of piperidine rings is 1. The van der Waals surface area contributed by atoms with Crippen molar-refractivity contribution in [2.24, 2.45) is 0 Å². The van der Waals surface area contributed by atoms with E-state index in [1.165, 1.54) is 11.9 Å². The van der Waals surface area contributed by atoms with Crippen LogP contribution < -0.4 is 15.4 Å². The molecule has 7 nitrogen and oxygen atoms in total. The molecule has 1 fully saturated rings. The number of halogens is 1. The Hall–Kier alpha value is -3.00. The second-order valence-electron chi connectivity index (χ2n) is 8.33. The first-order valence-electron chi connectivity index (χ1n) is 11.4. The smallest absolute Gasteiger partial charge is 0.160 e. The number of nitrogens with one attached hydrogen (secondary N) is 2. The number of ether oxygens (including phenoxy) is 2. The van der Waals surface area contributed by atoms with E-state index in [2.05, 4.69) is 20.6 Å². The fourth-order valence-corrected chi connectivity index (χ4v) is 4.08. The molecule has 1 aliphatic rings. The van der Waals surface area contributed by atoms with Gasteiger partial charge in [-0.15, -0.1) is 0 Å². The summed E-state index contributed by atoms with van der Waals surface area (Å²) in [4.78, 5) is 21.8. The minimum absolute atomic E-state index is 0.0597. The van der Waals surface area contributed by atoms with Crippen molar-refractivity contribution in [3.63, 3.8) is 0 Å². The predicted octanol–water partition coefficient (Wildman–Crippen LogP) is 4.78. The summed E-state index contributed by atoms with van der Waals surface area (Å²) in [6.07, 6.45) is 5.34. The lowest BCUT2D eigenvalue weighted by atomic mass is 10.00. The third kappa shape index (κ3) is 6.11. The maximum Gasteiger partial charge on any atom is 0.160 e. The van der Waals surface area contributed by atoms with Crippen LogP contribution in [0.2, 0.25) is 5.02 Å². The number of aryl methyl sites for hydroxylation is 1. The Balaban J connectivity index is 1.67. The van der Waals surface area contributed by atoms with E-state index < -0.39 is 0 Å². The standard InChI is InChI=1S/C26H29ClN4O3/c1-17-3-4-20(14-23(17)27)31-26-22-13-19(12-21(32)11-18-5-7-28-8-6-18)25(34-10-9-33-2)15-24(22)29-16-30-26/h3-4,11,13-16,28H,5-10,12H2,1-2H3,(H,29,30,31). The summed E-state index contributed by atoms with van der Waals surface area (Å²) in [6, 6.07) is 9.57. The average Bonchev–Trinajstić information content (AvgIpc) is 2.83. The van der Waals surface area contributed by atoms with E-state index >= 15 is 0 Å². The molecule has 178 valence electrons. The molecule has 0 amide bonds. The molecule has 0 aliphatic carbocycles. The number of ketones is 1. The van der Waals surface area contributed by atoms with Gasteiger partial charge in [0.15, 0.2) is 5.78 Å². The fourth-order valence-electron chi connectivity index (χ4n) is 3.90. The monoisotopic (exact) mass is 480 g/mol. The highest BCUT2D eigenvalue weighted by Crippen LogP contribution is 2.31. The lowest BCUT2D eigenvalue weighted by molar-refractivity contribution is -0.114. The molecule has 2 heterocycles. The second kappa shape index (κ2) is 11.4. The van der Waals surface area contributed by atoms with Gasteiger partial charge in [0, 0.05) is 41.3 Å². The summed E-state index contributed by atoms with van der Waals surface area (Å²) in [5.41, 5.74) is 4.52. The Labute approximate surface area is 204 Å². The summed E-state index contributed by atoms with van der Waals surface area (Å²) in [6.45, 7) is 4.62. The quantitative estimate of drug-likeness (QED) is 0.336. The van der Waals surface area contributed by atoms with Gasteiger partial charge >= 0.3 is 0 Å². The molecular formula is C26H29ClN4O3. The molecule has 4 rings (SSSR count). The summed E-state index contributed by atoms with van der Waals surface area (Å²) in [5.74, 6) is 1.33. The second-order valence-corrected chi connectivity index (χ2v) is 8.73. The van der Waals surface area contributed by atoms with E-state index in [9.17, 15) is 4.79 Å². The van der Waals surface area contributed by atoms with Crippen LogP contribution >= 0.6 is 11.6 Å². The Morgan fingerprint density at radius 1 is 1.18 bits per heavy atom. The Morgan fingerprint density at radius 3 is 2.76 bits per heavy atom. The molecule has 2 aromatic carbocycles. The molecular weight excluding hydrogens is 452 g/mol. The summed E-state index contributed by atoms with van der Waals surface area (Å²) >= 11 is 6.30. The number of carbonyl (C=O) groups excluding carboxylic acids is 1. The number of methoxy groups -OCH3 is 1. The number of carbonyl (C=O) groups is 1. The van der Waals surface area contributed by atoms with Gasteiger partial charge in [-0.1, -0.05) is 23.2 Å². The maximum absolute atomic E-state index is 12.9. The molecule has 1 saturated heterocycles. The topological polar surface area (TPSA) is 85.4 Å². The molecule has 0 bridgehead atoms. The third-order valence-corrected chi connectivity index (χ3v) is 6.18. The van der Waals surface area contributed by atoms with Gasteiger partial charge in [0.2, 0.25) is 0 Å². The van der Waals surface area contributed by atoms with Crippen molar-refractivity contribution >= 4 is 39.8 Å². The number of rotatable bonds is 9. The minimum Gasteiger partial charge on any atom is -0.491 e. The van der Waals surface area contributed by atoms with E-state index in [4.69, 9.17) is 21.1 Å². The first-order chi connectivity index (χ1) is 16.5. The van der Waals surface area contributed by atoms with Crippen LogP contribution in [0.4, 0.5) is 11.5 Å². The Kier molecular flexibility index (Phi) is 8.11. The number of benzene rings is 2. The summed E-state index contributed by atoms with van der Waals surface area (Å²) < 4.78 is 11.1. The van der Waals surface area contributed by atoms with Crippen LogP contribution in [-0.4, -0.2) is 49.2 Å². The van der Waals surface area contributed by atoms with Gasteiger partial charge < -0.3 is 20.1 Å². The van der Waals surface area contributed by atoms with E-state index in [1.54, 1.807) is 13.2 Å². The van der Waals surface area contributed by atoms with Gasteiger partial charge in [0.05, 0.1) is 12.1 Å². The number of anilines is 2. The molecule has 1 aromatic heterocycles. The van der Waals surface area contributed by atoms with Gasteiger partial charge in [-0.05, 0) is 62.7 Å². The highest BCUT2D eigenvalue weighted by Gasteiger charge is 2.15. The van der Waals surface area contributed by atoms with Crippen LogP contribution in [0.25, 0.3) is 10.9 Å². The number of aromatic nitrogens is 2. The van der Waals surface area contributed by atoms with Crippen molar-refractivity contribution in [2.75, 3.05) is 38.7 Å². The molecule has 0 saturated carbocycles. The Bertz CT molecular complexity index is 1200. The van der Waals surface area contributed by atoms with Gasteiger partial charge in [-0.3, -0.25) is 4.79 Å². The van der Waals surface area contributed by atoms with Gasteiger partial charge in [-0.25, -0.2) is 9.97 Å². The first-order valence-corrected chi connectivity index (χ1v) is 11.8. The van der Waals surface area contributed by atoms with Crippen molar-refractivity contribution < 1.29 is 14.3 Å². The van der Waals surface area contributed by atoms with Crippen molar-refractivity contribution in [3.05, 3.63) is 64.5 Å². The number of hydrogen-bond donors (Lipinski definition) is 2. The predicted molar refractivity (Wildman–Crippen MR) is 135 cm³/mol. The largest absolute Gasteiger partial charge is 0.491 e. The van der Waals surface area contributed by atoms with Crippen LogP contribution in [0.3, 0.4) is 0 Å². The SMILES string of the molecule is COCCOc1cc2ncnc(Nc3ccc(C)c(Cl)c3)c2cc1CC(=O)C=C1CCNCC1. The average molecular weight is 481 g/mol. The number of allylic oxidation sites excluding steroid dienone is 1. The molecule has 1 aliphatic heterocycles. The molecule has 0 atom stereocenters. The van der Waals surface area contributed by atoms with Gasteiger partial charge in [0.25, 0.3) is 0 Å². The third-order valence-electron chi connectivity index (χ3n) is 5.77. The van der Waals surface area contributed by atoms with Crippen LogP contribution in [-0.2, 0) is 16.0 Å². The normalized spacial score (nSPS) is 13.7. The maximum atomic E-state index is 12.9. The highest BCUT2D eigenvalue weighted by molar-refractivity contribution is 6.31. The molecule has 2 N–H and O–H groups in total. The molecule has 0 radical (unpaired) electrons. The highest BCUT2D eigenvalue weighted by atomic mass is 35.5. The van der Waals surface area contributed by atoms with Crippen LogP contribution in [0.1, 0.15) is 24.0 Å². The molecule has 3 aromatic rings. The Morgan fingerprint density at radius 2 is 2.00 bits per heavy atom. The van der Waals surface area contributed by atoms with E-state index in [0.29, 0.717) is 29.8 Å². The summed E-state index contributed by atoms with van der Waals surface area (Å²) in [5, 5.41) is 8.12. The van der Waals surface area contributed by atoms with Crippen LogP contribution in [0.5, 0.6) is 5.75 Å². The van der Waals surface area contributed by atoms with Crippen molar-refractivity contribution in [2.45, 2.75) is 26.2 Å². The van der Waals surface area contributed by atoms with E-state index in [0.717, 1.165) is 53.6 Å². The summed E-state index contributed by atoms with van der Waals surface area (Å²) in [7, 11) is 1.63. The van der Waals surface area contributed by atoms with Crippen molar-refractivity contribution in [3.8, 4) is 5.75 Å². The van der Waals surface area contributed by atoms with Gasteiger partial charge in [0.1, 0.15) is 24.5 Å². The van der Waals surface area contributed by atoms with E-state index in [1.807, 2.05) is 37.3 Å². The number of nitrogens with zero attached hydrogens (tertiary/aromatic N) is 2. The molecule has 0 spiro atoms. The van der Waals surface area contributed by atoms with Crippen molar-refractivity contribution in [1.29, 1.82) is 0 Å². The zero-order chi connectivity index (χ0) is 23.9. The lowest BCUT2D eigenvalue weighted by Gasteiger charge is -2.16. The van der Waals surface area contributed by atoms with Crippen LogP contribution in [0, 0.1) is 6.92 Å². The fraction of sp³-hybridized carbons (Fsp3) is 0.346. The zero-order valence-corrected chi connectivity index (χ0v) is 20.2. The van der Waals surface area contributed by atoms with E-state index in [-0.39, 0.29) is 12.2 Å². The molecule has 8 heteroatoms. The zero-order valence-electron chi connectivity index (χ0n) is 19.5. The number of hydrogen-bond acceptors (Lipinski definition) is 7.